The molecule has 0 saturated carbocycles. The highest BCUT2D eigenvalue weighted by Crippen LogP contribution is 2.21. The topological polar surface area (TPSA) is 65.2 Å². The predicted octanol–water partition coefficient (Wildman–Crippen LogP) is 3.50. The van der Waals surface area contributed by atoms with Crippen molar-refractivity contribution >= 4 is 10.8 Å². The van der Waals surface area contributed by atoms with Crippen LogP contribution in [0.5, 0.6) is 5.75 Å². The maximum atomic E-state index is 12.3. The molecular weight excluding hydrogens is 324 g/mol. The van der Waals surface area contributed by atoms with Crippen LogP contribution in [0.2, 0.25) is 0 Å². The van der Waals surface area contributed by atoms with E-state index in [4.69, 9.17) is 9.26 Å². The van der Waals surface area contributed by atoms with E-state index in [2.05, 4.69) is 10.1 Å². The second kappa shape index (κ2) is 7.40. The molecule has 0 aliphatic rings. The van der Waals surface area contributed by atoms with Crippen LogP contribution in [0.25, 0.3) is 11.4 Å². The molecule has 0 fully saturated rings. The molecule has 6 heteroatoms. The van der Waals surface area contributed by atoms with Crippen molar-refractivity contribution in [3.05, 3.63) is 65.5 Å². The van der Waals surface area contributed by atoms with Gasteiger partial charge in [0.2, 0.25) is 11.7 Å². The summed E-state index contributed by atoms with van der Waals surface area (Å²) in [6.45, 7) is 2.03. The quantitative estimate of drug-likeness (QED) is 0.686. The number of aryl methyl sites for hydroxylation is 1. The van der Waals surface area contributed by atoms with Crippen LogP contribution in [-0.2, 0) is 22.3 Å². The summed E-state index contributed by atoms with van der Waals surface area (Å²) in [4.78, 5) is 4.33. The number of methoxy groups -OCH3 is 1. The number of ether oxygens (including phenoxy) is 1. The van der Waals surface area contributed by atoms with Crippen molar-refractivity contribution in [1.82, 2.24) is 10.1 Å². The maximum Gasteiger partial charge on any atom is 0.239 e. The van der Waals surface area contributed by atoms with Gasteiger partial charge in [0, 0.05) is 22.1 Å². The summed E-state index contributed by atoms with van der Waals surface area (Å²) < 4.78 is 22.7. The molecular formula is C18H18N2O3S. The van der Waals surface area contributed by atoms with Gasteiger partial charge in [-0.25, -0.2) is 0 Å². The van der Waals surface area contributed by atoms with Crippen molar-refractivity contribution in [3.8, 4) is 17.1 Å². The van der Waals surface area contributed by atoms with Crippen LogP contribution >= 0.6 is 0 Å². The summed E-state index contributed by atoms with van der Waals surface area (Å²) in [5.74, 6) is 2.28. The van der Waals surface area contributed by atoms with Crippen molar-refractivity contribution in [2.45, 2.75) is 18.4 Å². The van der Waals surface area contributed by atoms with E-state index in [0.717, 1.165) is 16.9 Å². The lowest BCUT2D eigenvalue weighted by Crippen LogP contribution is -2.00. The van der Waals surface area contributed by atoms with Crippen molar-refractivity contribution in [3.63, 3.8) is 0 Å². The van der Waals surface area contributed by atoms with Crippen LogP contribution in [-0.4, -0.2) is 21.5 Å². The molecule has 1 atom stereocenters. The fraction of sp³-hybridized carbons (Fsp3) is 0.222. The molecule has 0 aliphatic heterocycles. The highest BCUT2D eigenvalue weighted by Gasteiger charge is 2.12. The summed E-state index contributed by atoms with van der Waals surface area (Å²) in [5, 5.41) is 3.96. The smallest absolute Gasteiger partial charge is 0.239 e. The molecule has 0 spiro atoms. The lowest BCUT2D eigenvalue weighted by molar-refractivity contribution is 0.390. The molecule has 1 heterocycles. The van der Waals surface area contributed by atoms with Crippen molar-refractivity contribution < 1.29 is 13.5 Å². The predicted molar refractivity (Wildman–Crippen MR) is 93.0 cm³/mol. The fourth-order valence-corrected chi connectivity index (χ4v) is 3.31. The first kappa shape index (κ1) is 16.4. The minimum Gasteiger partial charge on any atom is -0.497 e. The van der Waals surface area contributed by atoms with Crippen LogP contribution in [0.15, 0.2) is 53.1 Å². The standard InChI is InChI=1S/C18H18N2O3S/c1-13-6-8-14(9-7-13)11-24(21)12-17-19-18(20-23-17)15-4-3-5-16(10-15)22-2/h3-10H,11-12H2,1-2H3/t24-/m1/s1. The first-order valence-electron chi connectivity index (χ1n) is 7.51. The summed E-state index contributed by atoms with van der Waals surface area (Å²) >= 11 is 0. The Bertz CT molecular complexity index is 843. The normalized spacial score (nSPS) is 12.1. The Kier molecular flexibility index (Phi) is 5.05. The molecule has 1 aromatic heterocycles. The first-order chi connectivity index (χ1) is 11.6. The largest absolute Gasteiger partial charge is 0.497 e. The zero-order valence-corrected chi connectivity index (χ0v) is 14.4. The van der Waals surface area contributed by atoms with E-state index >= 15 is 0 Å². The molecule has 5 nitrogen and oxygen atoms in total. The van der Waals surface area contributed by atoms with Crippen molar-refractivity contribution in [1.29, 1.82) is 0 Å². The average Bonchev–Trinajstić information content (AvgIpc) is 3.05. The summed E-state index contributed by atoms with van der Waals surface area (Å²) in [6.07, 6.45) is 0. The average molecular weight is 342 g/mol. The zero-order chi connectivity index (χ0) is 16.9. The molecule has 3 rings (SSSR count). The van der Waals surface area contributed by atoms with Crippen LogP contribution in [0, 0.1) is 6.92 Å². The van der Waals surface area contributed by atoms with Gasteiger partial charge in [0.15, 0.2) is 0 Å². The Morgan fingerprint density at radius 2 is 1.92 bits per heavy atom. The molecule has 2 aromatic carbocycles. The lowest BCUT2D eigenvalue weighted by atomic mass is 10.2. The Morgan fingerprint density at radius 1 is 1.12 bits per heavy atom. The van der Waals surface area contributed by atoms with Crippen molar-refractivity contribution in [2.24, 2.45) is 0 Å². The molecule has 0 bridgehead atoms. The minimum atomic E-state index is -1.10. The molecule has 0 amide bonds. The van der Waals surface area contributed by atoms with E-state index in [1.54, 1.807) is 7.11 Å². The van der Waals surface area contributed by atoms with E-state index in [-0.39, 0.29) is 5.75 Å². The molecule has 0 unspecified atom stereocenters. The van der Waals surface area contributed by atoms with Gasteiger partial charge < -0.3 is 9.26 Å². The molecule has 0 saturated heterocycles. The maximum absolute atomic E-state index is 12.3. The number of nitrogens with zero attached hydrogens (tertiary/aromatic N) is 2. The highest BCUT2D eigenvalue weighted by atomic mass is 32.2. The third-order valence-corrected chi connectivity index (χ3v) is 4.75. The van der Waals surface area contributed by atoms with E-state index in [9.17, 15) is 4.21 Å². The van der Waals surface area contributed by atoms with Gasteiger partial charge in [-0.05, 0) is 24.6 Å². The third-order valence-electron chi connectivity index (χ3n) is 3.53. The number of aromatic nitrogens is 2. The van der Waals surface area contributed by atoms with E-state index in [1.807, 2.05) is 55.5 Å². The van der Waals surface area contributed by atoms with Crippen LogP contribution in [0.4, 0.5) is 0 Å². The van der Waals surface area contributed by atoms with Crippen LogP contribution in [0.1, 0.15) is 17.0 Å². The lowest BCUT2D eigenvalue weighted by Gasteiger charge is -2.01. The van der Waals surface area contributed by atoms with Crippen LogP contribution < -0.4 is 4.74 Å². The Balaban J connectivity index is 1.67. The first-order valence-corrected chi connectivity index (χ1v) is 9.00. The van der Waals surface area contributed by atoms with Crippen LogP contribution in [0.3, 0.4) is 0 Å². The van der Waals surface area contributed by atoms with E-state index < -0.39 is 10.8 Å². The SMILES string of the molecule is COc1cccc(-c2noc(C[S@](=O)Cc3ccc(C)cc3)n2)c1. The molecule has 124 valence electrons. The molecule has 24 heavy (non-hydrogen) atoms. The van der Waals surface area contributed by atoms with E-state index in [1.165, 1.54) is 5.56 Å². The van der Waals surface area contributed by atoms with Gasteiger partial charge in [0.25, 0.3) is 0 Å². The second-order valence-electron chi connectivity index (χ2n) is 5.46. The fourth-order valence-electron chi connectivity index (χ4n) is 2.25. The highest BCUT2D eigenvalue weighted by molar-refractivity contribution is 7.83. The zero-order valence-electron chi connectivity index (χ0n) is 13.6. The number of benzene rings is 2. The Hall–Kier alpha value is -2.47. The van der Waals surface area contributed by atoms with Crippen molar-refractivity contribution in [2.75, 3.05) is 7.11 Å². The van der Waals surface area contributed by atoms with Gasteiger partial charge in [0.1, 0.15) is 11.5 Å². The summed E-state index contributed by atoms with van der Waals surface area (Å²) in [6, 6.07) is 15.4. The molecule has 0 N–H and O–H groups in total. The number of rotatable bonds is 6. The molecule has 3 aromatic rings. The Morgan fingerprint density at radius 3 is 2.67 bits per heavy atom. The molecule has 0 radical (unpaired) electrons. The number of hydrogen-bond acceptors (Lipinski definition) is 5. The molecule has 0 aliphatic carbocycles. The minimum absolute atomic E-state index is 0.241. The third kappa shape index (κ3) is 4.08. The van der Waals surface area contributed by atoms with Gasteiger partial charge in [-0.15, -0.1) is 0 Å². The monoisotopic (exact) mass is 342 g/mol. The van der Waals surface area contributed by atoms with E-state index in [0.29, 0.717) is 17.5 Å². The van der Waals surface area contributed by atoms with Gasteiger partial charge in [0.05, 0.1) is 7.11 Å². The van der Waals surface area contributed by atoms with Gasteiger partial charge in [-0.1, -0.05) is 47.1 Å². The second-order valence-corrected chi connectivity index (χ2v) is 6.91. The Labute approximate surface area is 143 Å². The van der Waals surface area contributed by atoms with Gasteiger partial charge in [-0.2, -0.15) is 4.98 Å². The van der Waals surface area contributed by atoms with Gasteiger partial charge >= 0.3 is 0 Å². The van der Waals surface area contributed by atoms with Gasteiger partial charge in [-0.3, -0.25) is 4.21 Å². The summed E-state index contributed by atoms with van der Waals surface area (Å²) in [7, 11) is 0.508. The summed E-state index contributed by atoms with van der Waals surface area (Å²) in [5.41, 5.74) is 3.02. The number of hydrogen-bond donors (Lipinski definition) is 0.